The first kappa shape index (κ1) is 21.7. The Bertz CT molecular complexity index is 1500. The van der Waals surface area contributed by atoms with Gasteiger partial charge in [0.05, 0.1) is 17.2 Å². The van der Waals surface area contributed by atoms with E-state index >= 15 is 8.78 Å². The van der Waals surface area contributed by atoms with Gasteiger partial charge in [-0.3, -0.25) is 9.55 Å². The second kappa shape index (κ2) is 7.73. The van der Waals surface area contributed by atoms with Gasteiger partial charge >= 0.3 is 0 Å². The van der Waals surface area contributed by atoms with Crippen molar-refractivity contribution < 1.29 is 8.78 Å². The van der Waals surface area contributed by atoms with Crippen molar-refractivity contribution in [2.75, 3.05) is 0 Å². The Morgan fingerprint density at radius 1 is 0.788 bits per heavy atom. The first-order chi connectivity index (χ1) is 15.7. The van der Waals surface area contributed by atoms with E-state index in [1.165, 1.54) is 18.2 Å². The number of benzene rings is 2. The number of hydrogen-bond donors (Lipinski definition) is 0. The molecule has 6 heteroatoms. The second-order valence-electron chi connectivity index (χ2n) is 9.20. The van der Waals surface area contributed by atoms with Crippen LogP contribution in [0.4, 0.5) is 8.78 Å². The normalized spacial score (nSPS) is 12.5. The molecule has 0 fully saturated rings. The molecule has 3 nitrogen and oxygen atoms in total. The lowest BCUT2D eigenvalue weighted by atomic mass is 9.88. The van der Waals surface area contributed by atoms with Crippen molar-refractivity contribution in [3.63, 3.8) is 0 Å². The molecule has 0 aliphatic carbocycles. The molecular formula is C27H22BrF2N3. The predicted molar refractivity (Wildman–Crippen MR) is 132 cm³/mol. The Balaban J connectivity index is 1.79. The highest BCUT2D eigenvalue weighted by Crippen LogP contribution is 2.40. The average Bonchev–Trinajstić information content (AvgIpc) is 3.12. The number of pyridine rings is 2. The van der Waals surface area contributed by atoms with E-state index in [4.69, 9.17) is 0 Å². The third-order valence-electron chi connectivity index (χ3n) is 5.96. The Morgan fingerprint density at radius 2 is 1.55 bits per heavy atom. The summed E-state index contributed by atoms with van der Waals surface area (Å²) in [6.45, 7) is 6.41. The fourth-order valence-electron chi connectivity index (χ4n) is 4.17. The van der Waals surface area contributed by atoms with E-state index in [0.29, 0.717) is 15.8 Å². The molecule has 0 atom stereocenters. The zero-order valence-corrected chi connectivity index (χ0v) is 20.1. The molecule has 166 valence electrons. The van der Waals surface area contributed by atoms with Crippen LogP contribution in [0.1, 0.15) is 37.5 Å². The van der Waals surface area contributed by atoms with Crippen LogP contribution in [0.25, 0.3) is 27.6 Å². The number of halogens is 3. The van der Waals surface area contributed by atoms with Gasteiger partial charge in [0.25, 0.3) is 5.92 Å². The minimum atomic E-state index is -3.15. The van der Waals surface area contributed by atoms with Crippen molar-refractivity contribution in [1.29, 1.82) is 0 Å². The fraction of sp³-hybridized carbons (Fsp3) is 0.185. The molecule has 5 aromatic rings. The highest BCUT2D eigenvalue weighted by molar-refractivity contribution is 9.10. The van der Waals surface area contributed by atoms with Gasteiger partial charge in [-0.05, 0) is 47.4 Å². The van der Waals surface area contributed by atoms with E-state index in [2.05, 4.69) is 46.7 Å². The summed E-state index contributed by atoms with van der Waals surface area (Å²) in [6, 6.07) is 17.0. The standard InChI is InChI=1S/C27H22BrF2N3/c1-26(2,3)17-9-12-32-25(15-17)33-23-14-19(27(29,30)18-5-4-6-20(28)13-18)7-8-21(23)22-10-11-31-16-24(22)33/h4-16H,1-3H3. The summed E-state index contributed by atoms with van der Waals surface area (Å²) >= 11 is 3.30. The minimum absolute atomic E-state index is 0.0617. The van der Waals surface area contributed by atoms with Gasteiger partial charge in [0.1, 0.15) is 5.82 Å². The molecule has 0 N–H and O–H groups in total. The fourth-order valence-corrected chi connectivity index (χ4v) is 4.57. The van der Waals surface area contributed by atoms with Crippen molar-refractivity contribution in [3.8, 4) is 5.82 Å². The van der Waals surface area contributed by atoms with Crippen molar-refractivity contribution in [3.05, 3.63) is 100 Å². The van der Waals surface area contributed by atoms with Gasteiger partial charge in [0.2, 0.25) is 0 Å². The zero-order chi connectivity index (χ0) is 23.4. The van der Waals surface area contributed by atoms with Crippen molar-refractivity contribution in [2.45, 2.75) is 32.1 Å². The smallest absolute Gasteiger partial charge is 0.292 e. The van der Waals surface area contributed by atoms with Crippen LogP contribution in [0.2, 0.25) is 0 Å². The van der Waals surface area contributed by atoms with Crippen LogP contribution < -0.4 is 0 Å². The van der Waals surface area contributed by atoms with Gasteiger partial charge in [0.15, 0.2) is 0 Å². The molecule has 5 rings (SSSR count). The van der Waals surface area contributed by atoms with E-state index < -0.39 is 5.92 Å². The molecule has 0 radical (unpaired) electrons. The molecule has 3 heterocycles. The van der Waals surface area contributed by atoms with Crippen LogP contribution in [0.3, 0.4) is 0 Å². The van der Waals surface area contributed by atoms with Gasteiger partial charge in [-0.25, -0.2) is 4.98 Å². The maximum atomic E-state index is 15.5. The van der Waals surface area contributed by atoms with Crippen molar-refractivity contribution in [1.82, 2.24) is 14.5 Å². The number of nitrogens with zero attached hydrogens (tertiary/aromatic N) is 3. The van der Waals surface area contributed by atoms with E-state index in [-0.39, 0.29) is 16.5 Å². The van der Waals surface area contributed by atoms with Crippen LogP contribution >= 0.6 is 15.9 Å². The summed E-state index contributed by atoms with van der Waals surface area (Å²) in [7, 11) is 0. The molecule has 2 aromatic carbocycles. The van der Waals surface area contributed by atoms with Gasteiger partial charge < -0.3 is 0 Å². The molecule has 0 amide bonds. The van der Waals surface area contributed by atoms with Gasteiger partial charge in [-0.15, -0.1) is 0 Å². The Hall–Kier alpha value is -3.12. The van der Waals surface area contributed by atoms with E-state index in [9.17, 15) is 0 Å². The number of hydrogen-bond acceptors (Lipinski definition) is 2. The summed E-state index contributed by atoms with van der Waals surface area (Å²) in [5.41, 5.74) is 2.40. The molecule has 0 unspecified atom stereocenters. The Labute approximate surface area is 199 Å². The van der Waals surface area contributed by atoms with Gasteiger partial charge in [-0.2, -0.15) is 8.78 Å². The molecule has 0 saturated heterocycles. The van der Waals surface area contributed by atoms with E-state index in [0.717, 1.165) is 21.9 Å². The lowest BCUT2D eigenvalue weighted by molar-refractivity contribution is 0.0429. The summed E-state index contributed by atoms with van der Waals surface area (Å²) in [4.78, 5) is 8.89. The molecule has 3 aromatic heterocycles. The van der Waals surface area contributed by atoms with Gasteiger partial charge in [-0.1, -0.05) is 61.0 Å². The number of fused-ring (bicyclic) bond motifs is 3. The highest BCUT2D eigenvalue weighted by Gasteiger charge is 2.35. The average molecular weight is 506 g/mol. The van der Waals surface area contributed by atoms with Crippen molar-refractivity contribution in [2.24, 2.45) is 0 Å². The first-order valence-corrected chi connectivity index (χ1v) is 11.4. The lowest BCUT2D eigenvalue weighted by Crippen LogP contribution is -2.15. The highest BCUT2D eigenvalue weighted by atomic mass is 79.9. The maximum Gasteiger partial charge on any atom is 0.298 e. The van der Waals surface area contributed by atoms with Crippen LogP contribution in [0, 0.1) is 0 Å². The monoisotopic (exact) mass is 505 g/mol. The Morgan fingerprint density at radius 3 is 2.30 bits per heavy atom. The quantitative estimate of drug-likeness (QED) is 0.250. The molecular weight excluding hydrogens is 484 g/mol. The van der Waals surface area contributed by atoms with Gasteiger partial charge in [0, 0.05) is 38.8 Å². The maximum absolute atomic E-state index is 15.5. The molecule has 0 spiro atoms. The molecule has 0 aliphatic heterocycles. The molecule has 33 heavy (non-hydrogen) atoms. The molecule has 0 bridgehead atoms. The SMILES string of the molecule is CC(C)(C)c1ccnc(-n2c3cnccc3c3ccc(C(F)(F)c4cccc(Br)c4)cc32)c1. The number of alkyl halides is 2. The summed E-state index contributed by atoms with van der Waals surface area (Å²) < 4.78 is 33.6. The second-order valence-corrected chi connectivity index (χ2v) is 10.1. The lowest BCUT2D eigenvalue weighted by Gasteiger charge is -2.20. The van der Waals surface area contributed by atoms with Crippen LogP contribution in [0.5, 0.6) is 0 Å². The number of rotatable bonds is 3. The van der Waals surface area contributed by atoms with Crippen LogP contribution in [0.15, 0.2) is 83.7 Å². The largest absolute Gasteiger partial charge is 0.298 e. The zero-order valence-electron chi connectivity index (χ0n) is 18.5. The summed E-state index contributed by atoms with van der Waals surface area (Å²) in [5, 5.41) is 1.82. The number of aromatic nitrogens is 3. The first-order valence-electron chi connectivity index (χ1n) is 10.7. The minimum Gasteiger partial charge on any atom is -0.292 e. The predicted octanol–water partition coefficient (Wildman–Crippen LogP) is 7.77. The third-order valence-corrected chi connectivity index (χ3v) is 6.45. The summed E-state index contributed by atoms with van der Waals surface area (Å²) in [5.74, 6) is -2.48. The molecule has 0 saturated carbocycles. The van der Waals surface area contributed by atoms with Crippen LogP contribution in [-0.4, -0.2) is 14.5 Å². The van der Waals surface area contributed by atoms with E-state index in [1.807, 2.05) is 22.8 Å². The Kier molecular flexibility index (Phi) is 5.09. The van der Waals surface area contributed by atoms with Crippen LogP contribution in [-0.2, 0) is 11.3 Å². The summed E-state index contributed by atoms with van der Waals surface area (Å²) in [6.07, 6.45) is 5.24. The third kappa shape index (κ3) is 3.72. The van der Waals surface area contributed by atoms with E-state index in [1.54, 1.807) is 42.9 Å². The topological polar surface area (TPSA) is 30.7 Å². The van der Waals surface area contributed by atoms with Crippen molar-refractivity contribution >= 4 is 37.7 Å². The molecule has 0 aliphatic rings.